The number of benzene rings is 2. The Morgan fingerprint density at radius 1 is 0.966 bits per heavy atom. The van der Waals surface area contributed by atoms with Gasteiger partial charge in [0.2, 0.25) is 0 Å². The average Bonchev–Trinajstić information content (AvgIpc) is 3.27. The second-order valence-electron chi connectivity index (χ2n) is 7.77. The molecule has 0 unspecified atom stereocenters. The SMILES string of the molecule is O=S(=O)(Nc1ccc(N2CCC(NC[C@H]3CCCO3)CC2)cc1)c1ccccc1. The summed E-state index contributed by atoms with van der Waals surface area (Å²) in [5.41, 5.74) is 1.70. The topological polar surface area (TPSA) is 70.7 Å². The summed E-state index contributed by atoms with van der Waals surface area (Å²) in [6, 6.07) is 16.6. The first-order valence-electron chi connectivity index (χ1n) is 10.4. The molecule has 2 aromatic rings. The molecular formula is C22H29N3O3S. The maximum Gasteiger partial charge on any atom is 0.261 e. The molecule has 2 fully saturated rings. The van der Waals surface area contributed by atoms with Crippen molar-refractivity contribution in [3.05, 3.63) is 54.6 Å². The van der Waals surface area contributed by atoms with E-state index in [0.29, 0.717) is 17.8 Å². The summed E-state index contributed by atoms with van der Waals surface area (Å²) in [6.07, 6.45) is 4.96. The number of rotatable bonds is 7. The molecule has 1 atom stereocenters. The first-order chi connectivity index (χ1) is 14.1. The predicted molar refractivity (Wildman–Crippen MR) is 116 cm³/mol. The number of nitrogens with zero attached hydrogens (tertiary/aromatic N) is 1. The number of ether oxygens (including phenoxy) is 1. The minimum atomic E-state index is -3.55. The van der Waals surface area contributed by atoms with Gasteiger partial charge in [0.05, 0.1) is 11.0 Å². The predicted octanol–water partition coefficient (Wildman–Crippen LogP) is 3.22. The van der Waals surface area contributed by atoms with Crippen LogP contribution in [0.4, 0.5) is 11.4 Å². The van der Waals surface area contributed by atoms with Gasteiger partial charge in [0.15, 0.2) is 0 Å². The van der Waals surface area contributed by atoms with Gasteiger partial charge in [0.1, 0.15) is 0 Å². The quantitative estimate of drug-likeness (QED) is 0.727. The van der Waals surface area contributed by atoms with Crippen LogP contribution in [0, 0.1) is 0 Å². The smallest absolute Gasteiger partial charge is 0.261 e. The Kier molecular flexibility index (Phi) is 6.37. The van der Waals surface area contributed by atoms with Crippen LogP contribution >= 0.6 is 0 Å². The van der Waals surface area contributed by atoms with E-state index >= 15 is 0 Å². The molecule has 156 valence electrons. The zero-order valence-electron chi connectivity index (χ0n) is 16.6. The van der Waals surface area contributed by atoms with E-state index in [1.807, 2.05) is 24.3 Å². The van der Waals surface area contributed by atoms with Crippen LogP contribution in [-0.4, -0.2) is 46.8 Å². The number of piperidine rings is 1. The van der Waals surface area contributed by atoms with Gasteiger partial charge in [0, 0.05) is 43.7 Å². The first-order valence-corrected chi connectivity index (χ1v) is 11.9. The Hall–Kier alpha value is -2.09. The third-order valence-electron chi connectivity index (χ3n) is 5.69. The molecule has 0 radical (unpaired) electrons. The van der Waals surface area contributed by atoms with Crippen molar-refractivity contribution in [3.8, 4) is 0 Å². The van der Waals surface area contributed by atoms with Crippen molar-refractivity contribution in [2.75, 3.05) is 35.9 Å². The Labute approximate surface area is 173 Å². The Bertz CT molecular complexity index is 873. The summed E-state index contributed by atoms with van der Waals surface area (Å²) < 4.78 is 33.2. The number of anilines is 2. The fraction of sp³-hybridized carbons (Fsp3) is 0.455. The van der Waals surface area contributed by atoms with Gasteiger partial charge in [-0.2, -0.15) is 0 Å². The Morgan fingerprint density at radius 3 is 2.34 bits per heavy atom. The van der Waals surface area contributed by atoms with Gasteiger partial charge in [-0.3, -0.25) is 4.72 Å². The van der Waals surface area contributed by atoms with Gasteiger partial charge in [-0.25, -0.2) is 8.42 Å². The molecule has 2 aliphatic heterocycles. The van der Waals surface area contributed by atoms with Crippen LogP contribution in [0.2, 0.25) is 0 Å². The highest BCUT2D eigenvalue weighted by atomic mass is 32.2. The molecule has 0 amide bonds. The van der Waals surface area contributed by atoms with Crippen molar-refractivity contribution in [1.29, 1.82) is 0 Å². The molecular weight excluding hydrogens is 386 g/mol. The number of nitrogens with one attached hydrogen (secondary N) is 2. The number of hydrogen-bond donors (Lipinski definition) is 2. The lowest BCUT2D eigenvalue weighted by Crippen LogP contribution is -2.44. The third kappa shape index (κ3) is 5.29. The summed E-state index contributed by atoms with van der Waals surface area (Å²) >= 11 is 0. The van der Waals surface area contributed by atoms with Crippen LogP contribution < -0.4 is 14.9 Å². The lowest BCUT2D eigenvalue weighted by atomic mass is 10.0. The molecule has 4 rings (SSSR count). The second kappa shape index (κ2) is 9.15. The monoisotopic (exact) mass is 415 g/mol. The summed E-state index contributed by atoms with van der Waals surface area (Å²) in [6.45, 7) is 3.86. The maximum absolute atomic E-state index is 12.4. The van der Waals surface area contributed by atoms with E-state index in [0.717, 1.165) is 44.8 Å². The van der Waals surface area contributed by atoms with Crippen LogP contribution in [-0.2, 0) is 14.8 Å². The molecule has 0 saturated carbocycles. The zero-order chi connectivity index (χ0) is 20.1. The number of hydrogen-bond acceptors (Lipinski definition) is 5. The van der Waals surface area contributed by atoms with E-state index < -0.39 is 10.0 Å². The fourth-order valence-corrected chi connectivity index (χ4v) is 5.08. The Balaban J connectivity index is 1.28. The minimum absolute atomic E-state index is 0.265. The third-order valence-corrected chi connectivity index (χ3v) is 7.09. The number of sulfonamides is 1. The molecule has 2 heterocycles. The van der Waals surface area contributed by atoms with Crippen molar-refractivity contribution in [2.24, 2.45) is 0 Å². The van der Waals surface area contributed by atoms with E-state index in [1.54, 1.807) is 30.3 Å². The fourth-order valence-electron chi connectivity index (χ4n) is 4.00. The van der Waals surface area contributed by atoms with E-state index in [4.69, 9.17) is 4.74 Å². The van der Waals surface area contributed by atoms with Crippen LogP contribution in [0.15, 0.2) is 59.5 Å². The molecule has 2 aliphatic rings. The molecule has 0 spiro atoms. The summed E-state index contributed by atoms with van der Waals surface area (Å²) in [5, 5.41) is 3.66. The van der Waals surface area contributed by atoms with Gasteiger partial charge in [0.25, 0.3) is 10.0 Å². The van der Waals surface area contributed by atoms with E-state index in [-0.39, 0.29) is 4.90 Å². The molecule has 6 nitrogen and oxygen atoms in total. The minimum Gasteiger partial charge on any atom is -0.377 e. The molecule has 0 bridgehead atoms. The lowest BCUT2D eigenvalue weighted by Gasteiger charge is -2.34. The molecule has 2 saturated heterocycles. The van der Waals surface area contributed by atoms with Crippen molar-refractivity contribution in [3.63, 3.8) is 0 Å². The first kappa shape index (κ1) is 20.2. The van der Waals surface area contributed by atoms with Crippen molar-refractivity contribution in [2.45, 2.75) is 42.7 Å². The molecule has 29 heavy (non-hydrogen) atoms. The standard InChI is InChI=1S/C22H29N3O3S/c26-29(27,22-6-2-1-3-7-22)24-19-8-10-20(11-9-19)25-14-12-18(13-15-25)23-17-21-5-4-16-28-21/h1-3,6-11,18,21,23-24H,4-5,12-17H2/t21-/m1/s1. The largest absolute Gasteiger partial charge is 0.377 e. The Morgan fingerprint density at radius 2 is 1.69 bits per heavy atom. The average molecular weight is 416 g/mol. The molecule has 2 N–H and O–H groups in total. The normalized spacial score (nSPS) is 20.7. The highest BCUT2D eigenvalue weighted by molar-refractivity contribution is 7.92. The lowest BCUT2D eigenvalue weighted by molar-refractivity contribution is 0.106. The van der Waals surface area contributed by atoms with E-state index in [1.165, 1.54) is 12.8 Å². The van der Waals surface area contributed by atoms with Crippen LogP contribution in [0.1, 0.15) is 25.7 Å². The van der Waals surface area contributed by atoms with Gasteiger partial charge >= 0.3 is 0 Å². The van der Waals surface area contributed by atoms with E-state index in [9.17, 15) is 8.42 Å². The van der Waals surface area contributed by atoms with Crippen molar-refractivity contribution in [1.82, 2.24) is 5.32 Å². The van der Waals surface area contributed by atoms with Crippen molar-refractivity contribution < 1.29 is 13.2 Å². The highest BCUT2D eigenvalue weighted by Gasteiger charge is 2.22. The summed E-state index contributed by atoms with van der Waals surface area (Å²) in [4.78, 5) is 2.63. The van der Waals surface area contributed by atoms with Gasteiger partial charge in [-0.05, 0) is 62.1 Å². The maximum atomic E-state index is 12.4. The van der Waals surface area contributed by atoms with Crippen LogP contribution in [0.3, 0.4) is 0 Å². The molecule has 0 aromatic heterocycles. The van der Waals surface area contributed by atoms with Crippen molar-refractivity contribution >= 4 is 21.4 Å². The van der Waals surface area contributed by atoms with Crippen LogP contribution in [0.5, 0.6) is 0 Å². The molecule has 7 heteroatoms. The van der Waals surface area contributed by atoms with Gasteiger partial charge < -0.3 is 15.0 Å². The molecule has 0 aliphatic carbocycles. The van der Waals surface area contributed by atoms with Crippen LogP contribution in [0.25, 0.3) is 0 Å². The second-order valence-corrected chi connectivity index (χ2v) is 9.45. The summed E-state index contributed by atoms with van der Waals surface area (Å²) in [7, 11) is -3.55. The highest BCUT2D eigenvalue weighted by Crippen LogP contribution is 2.24. The van der Waals surface area contributed by atoms with Gasteiger partial charge in [-0.1, -0.05) is 18.2 Å². The van der Waals surface area contributed by atoms with E-state index in [2.05, 4.69) is 14.9 Å². The summed E-state index contributed by atoms with van der Waals surface area (Å²) in [5.74, 6) is 0. The van der Waals surface area contributed by atoms with Gasteiger partial charge in [-0.15, -0.1) is 0 Å². The molecule has 2 aromatic carbocycles. The zero-order valence-corrected chi connectivity index (χ0v) is 17.4.